The summed E-state index contributed by atoms with van der Waals surface area (Å²) in [4.78, 5) is 16.0. The van der Waals surface area contributed by atoms with Crippen LogP contribution in [0, 0.1) is 6.92 Å². The van der Waals surface area contributed by atoms with Crippen molar-refractivity contribution in [3.63, 3.8) is 0 Å². The van der Waals surface area contributed by atoms with Crippen LogP contribution in [-0.2, 0) is 11.2 Å². The maximum atomic E-state index is 11.8. The lowest BCUT2D eigenvalue weighted by Crippen LogP contribution is -2.12. The highest BCUT2D eigenvalue weighted by molar-refractivity contribution is 5.91. The zero-order valence-electron chi connectivity index (χ0n) is 11.8. The second kappa shape index (κ2) is 6.84. The number of carbonyl (C=O) groups is 1. The van der Waals surface area contributed by atoms with Crippen molar-refractivity contribution in [1.29, 1.82) is 0 Å². The molecule has 2 rings (SSSR count). The van der Waals surface area contributed by atoms with Crippen molar-refractivity contribution in [3.8, 4) is 0 Å². The van der Waals surface area contributed by atoms with Crippen LogP contribution in [0.5, 0.6) is 0 Å². The Morgan fingerprint density at radius 3 is 2.85 bits per heavy atom. The van der Waals surface area contributed by atoms with Crippen LogP contribution in [0.4, 0.5) is 5.69 Å². The molecule has 1 aromatic heterocycles. The van der Waals surface area contributed by atoms with Gasteiger partial charge >= 0.3 is 0 Å². The number of para-hydroxylation sites is 1. The lowest BCUT2D eigenvalue weighted by molar-refractivity contribution is -0.116. The number of carbonyl (C=O) groups excluding carboxylic acids is 1. The van der Waals surface area contributed by atoms with E-state index in [0.29, 0.717) is 24.6 Å². The van der Waals surface area contributed by atoms with E-state index in [1.807, 2.05) is 24.3 Å². The van der Waals surface area contributed by atoms with Gasteiger partial charge in [0.15, 0.2) is 5.82 Å². The molecule has 2 aromatic rings. The summed E-state index contributed by atoms with van der Waals surface area (Å²) in [5.74, 6) is 1.21. The number of aromatic nitrogens is 2. The highest BCUT2D eigenvalue weighted by Crippen LogP contribution is 2.19. The van der Waals surface area contributed by atoms with Crippen LogP contribution in [0.1, 0.15) is 43.5 Å². The number of hydrogen-bond donors (Lipinski definition) is 1. The summed E-state index contributed by atoms with van der Waals surface area (Å²) in [6.45, 7) is 3.85. The minimum Gasteiger partial charge on any atom is -0.339 e. The summed E-state index contributed by atoms with van der Waals surface area (Å²) in [5.41, 5.74) is 1.78. The van der Waals surface area contributed by atoms with Crippen molar-refractivity contribution in [2.24, 2.45) is 0 Å². The minimum atomic E-state index is 0.0426. The Balaban J connectivity index is 2.07. The number of unbranched alkanes of at least 4 members (excludes halogenated alkanes) is 1. The van der Waals surface area contributed by atoms with Gasteiger partial charge in [-0.1, -0.05) is 36.7 Å². The standard InChI is InChI=1S/C15H19N3O2/c1-3-4-9-14(19)17-13-8-6-5-7-12(13)10-15-16-11(2)18-20-15/h5-8H,3-4,9-10H2,1-2H3,(H,17,19). The van der Waals surface area contributed by atoms with Crippen LogP contribution in [0.15, 0.2) is 28.8 Å². The molecule has 106 valence electrons. The van der Waals surface area contributed by atoms with Crippen LogP contribution < -0.4 is 5.32 Å². The van der Waals surface area contributed by atoms with Gasteiger partial charge in [-0.3, -0.25) is 4.79 Å². The van der Waals surface area contributed by atoms with Gasteiger partial charge in [0.25, 0.3) is 0 Å². The third kappa shape index (κ3) is 3.91. The Morgan fingerprint density at radius 1 is 1.35 bits per heavy atom. The average Bonchev–Trinajstić information content (AvgIpc) is 2.84. The van der Waals surface area contributed by atoms with E-state index in [1.54, 1.807) is 6.92 Å². The van der Waals surface area contributed by atoms with Gasteiger partial charge in [0.2, 0.25) is 11.8 Å². The summed E-state index contributed by atoms with van der Waals surface area (Å²) in [7, 11) is 0. The Kier molecular flexibility index (Phi) is 4.87. The molecule has 20 heavy (non-hydrogen) atoms. The molecule has 0 radical (unpaired) electrons. The van der Waals surface area contributed by atoms with Gasteiger partial charge in [0.1, 0.15) is 0 Å². The van der Waals surface area contributed by atoms with Crippen molar-refractivity contribution in [2.75, 3.05) is 5.32 Å². The van der Waals surface area contributed by atoms with Crippen molar-refractivity contribution < 1.29 is 9.32 Å². The number of amides is 1. The smallest absolute Gasteiger partial charge is 0.231 e. The van der Waals surface area contributed by atoms with Crippen LogP contribution in [0.25, 0.3) is 0 Å². The van der Waals surface area contributed by atoms with Crippen LogP contribution in [0.3, 0.4) is 0 Å². The maximum absolute atomic E-state index is 11.8. The molecule has 0 fully saturated rings. The van der Waals surface area contributed by atoms with E-state index in [2.05, 4.69) is 22.4 Å². The van der Waals surface area contributed by atoms with Crippen molar-refractivity contribution >= 4 is 11.6 Å². The largest absolute Gasteiger partial charge is 0.339 e. The summed E-state index contributed by atoms with van der Waals surface area (Å²) in [6.07, 6.45) is 2.97. The molecule has 5 nitrogen and oxygen atoms in total. The van der Waals surface area contributed by atoms with Crippen molar-refractivity contribution in [3.05, 3.63) is 41.5 Å². The predicted octanol–water partition coefficient (Wildman–Crippen LogP) is 3.10. The fourth-order valence-corrected chi connectivity index (χ4v) is 1.92. The number of nitrogens with one attached hydrogen (secondary N) is 1. The van der Waals surface area contributed by atoms with Crippen molar-refractivity contribution in [2.45, 2.75) is 39.5 Å². The molecule has 0 aliphatic carbocycles. The summed E-state index contributed by atoms with van der Waals surface area (Å²) >= 11 is 0. The monoisotopic (exact) mass is 273 g/mol. The second-order valence-electron chi connectivity index (χ2n) is 4.72. The lowest BCUT2D eigenvalue weighted by atomic mass is 10.1. The zero-order chi connectivity index (χ0) is 14.4. The molecule has 0 aliphatic heterocycles. The second-order valence-corrected chi connectivity index (χ2v) is 4.72. The highest BCUT2D eigenvalue weighted by Gasteiger charge is 2.10. The third-order valence-electron chi connectivity index (χ3n) is 2.96. The first-order valence-electron chi connectivity index (χ1n) is 6.86. The molecule has 0 saturated heterocycles. The number of benzene rings is 1. The van der Waals surface area contributed by atoms with Crippen molar-refractivity contribution in [1.82, 2.24) is 10.1 Å². The van der Waals surface area contributed by atoms with E-state index in [-0.39, 0.29) is 5.91 Å². The molecule has 0 unspecified atom stereocenters. The molecule has 1 aromatic carbocycles. The molecule has 1 heterocycles. The zero-order valence-corrected chi connectivity index (χ0v) is 11.8. The number of anilines is 1. The van der Waals surface area contributed by atoms with Gasteiger partial charge in [-0.2, -0.15) is 4.98 Å². The lowest BCUT2D eigenvalue weighted by Gasteiger charge is -2.09. The Labute approximate surface area is 118 Å². The molecule has 0 saturated carbocycles. The molecule has 1 amide bonds. The van der Waals surface area contributed by atoms with Gasteiger partial charge in [0.05, 0.1) is 6.42 Å². The topological polar surface area (TPSA) is 68.0 Å². The Morgan fingerprint density at radius 2 is 2.15 bits per heavy atom. The molecular formula is C15H19N3O2. The maximum Gasteiger partial charge on any atom is 0.231 e. The number of aryl methyl sites for hydroxylation is 1. The first kappa shape index (κ1) is 14.2. The average molecular weight is 273 g/mol. The van der Waals surface area contributed by atoms with Gasteiger partial charge in [0, 0.05) is 12.1 Å². The van der Waals surface area contributed by atoms with E-state index in [4.69, 9.17) is 4.52 Å². The fourth-order valence-electron chi connectivity index (χ4n) is 1.92. The quantitative estimate of drug-likeness (QED) is 0.878. The summed E-state index contributed by atoms with van der Waals surface area (Å²) in [6, 6.07) is 7.68. The van der Waals surface area contributed by atoms with E-state index in [1.165, 1.54) is 0 Å². The first-order valence-corrected chi connectivity index (χ1v) is 6.86. The normalized spacial score (nSPS) is 10.5. The SMILES string of the molecule is CCCCC(=O)Nc1ccccc1Cc1nc(C)no1. The van der Waals surface area contributed by atoms with Crippen LogP contribution in [-0.4, -0.2) is 16.0 Å². The molecule has 0 atom stereocenters. The summed E-state index contributed by atoms with van der Waals surface area (Å²) < 4.78 is 5.12. The minimum absolute atomic E-state index is 0.0426. The molecular weight excluding hydrogens is 254 g/mol. The molecule has 0 spiro atoms. The van der Waals surface area contributed by atoms with E-state index >= 15 is 0 Å². The number of hydrogen-bond acceptors (Lipinski definition) is 4. The molecule has 0 aliphatic rings. The third-order valence-corrected chi connectivity index (χ3v) is 2.96. The number of rotatable bonds is 6. The van der Waals surface area contributed by atoms with Gasteiger partial charge < -0.3 is 9.84 Å². The van der Waals surface area contributed by atoms with Gasteiger partial charge in [-0.25, -0.2) is 0 Å². The van der Waals surface area contributed by atoms with E-state index in [0.717, 1.165) is 24.1 Å². The Bertz CT molecular complexity index is 578. The van der Waals surface area contributed by atoms with E-state index < -0.39 is 0 Å². The molecule has 1 N–H and O–H groups in total. The fraction of sp³-hybridized carbons (Fsp3) is 0.400. The van der Waals surface area contributed by atoms with Crippen LogP contribution in [0.2, 0.25) is 0 Å². The molecule has 0 bridgehead atoms. The summed E-state index contributed by atoms with van der Waals surface area (Å²) in [5, 5.41) is 6.71. The van der Waals surface area contributed by atoms with Gasteiger partial charge in [-0.15, -0.1) is 0 Å². The van der Waals surface area contributed by atoms with Crippen LogP contribution >= 0.6 is 0 Å². The first-order chi connectivity index (χ1) is 9.69. The Hall–Kier alpha value is -2.17. The van der Waals surface area contributed by atoms with Gasteiger partial charge in [-0.05, 0) is 25.0 Å². The highest BCUT2D eigenvalue weighted by atomic mass is 16.5. The van der Waals surface area contributed by atoms with E-state index in [9.17, 15) is 4.79 Å². The number of nitrogens with zero attached hydrogens (tertiary/aromatic N) is 2. The predicted molar refractivity (Wildman–Crippen MR) is 76.4 cm³/mol. The molecule has 5 heteroatoms.